The van der Waals surface area contributed by atoms with Gasteiger partial charge in [-0.05, 0) is 76.2 Å². The van der Waals surface area contributed by atoms with E-state index < -0.39 is 0 Å². The van der Waals surface area contributed by atoms with Crippen molar-refractivity contribution in [3.05, 3.63) is 40.8 Å². The maximum absolute atomic E-state index is 12.1. The van der Waals surface area contributed by atoms with Gasteiger partial charge in [-0.15, -0.1) is 0 Å². The lowest BCUT2D eigenvalue weighted by Gasteiger charge is -2.13. The quantitative estimate of drug-likeness (QED) is 0.501. The van der Waals surface area contributed by atoms with Crippen molar-refractivity contribution in [2.45, 2.75) is 46.6 Å². The summed E-state index contributed by atoms with van der Waals surface area (Å²) in [7, 11) is 5.87. The van der Waals surface area contributed by atoms with Crippen LogP contribution in [0.3, 0.4) is 0 Å². The fraction of sp³-hybridized carbons (Fsp3) is 0.500. The molecule has 0 radical (unpaired) electrons. The second kappa shape index (κ2) is 8.54. The zero-order chi connectivity index (χ0) is 19.4. The van der Waals surface area contributed by atoms with Gasteiger partial charge < -0.3 is 14.2 Å². The Labute approximate surface area is 157 Å². The number of aromatic nitrogens is 1. The number of rotatable bonds is 8. The van der Waals surface area contributed by atoms with E-state index in [0.717, 1.165) is 30.6 Å². The first kappa shape index (κ1) is 20.2. The monoisotopic (exact) mass is 356 g/mol. The van der Waals surface area contributed by atoms with E-state index in [4.69, 9.17) is 4.74 Å². The Morgan fingerprint density at radius 2 is 2.00 bits per heavy atom. The molecule has 4 heteroatoms. The number of methoxy groups -OCH3 is 1. The molecule has 1 aromatic carbocycles. The maximum atomic E-state index is 12.1. The van der Waals surface area contributed by atoms with E-state index in [1.807, 2.05) is 13.0 Å². The van der Waals surface area contributed by atoms with E-state index in [9.17, 15) is 4.79 Å². The van der Waals surface area contributed by atoms with E-state index in [1.54, 1.807) is 20.3 Å². The highest BCUT2D eigenvalue weighted by molar-refractivity contribution is 6.01. The summed E-state index contributed by atoms with van der Waals surface area (Å²) in [5.41, 5.74) is 5.50. The Morgan fingerprint density at radius 3 is 2.54 bits per heavy atom. The number of nitrogens with zero attached hydrogens (tertiary/aromatic N) is 2. The summed E-state index contributed by atoms with van der Waals surface area (Å²) in [5.74, 6) is 0.472. The molecule has 2 aromatic rings. The first-order valence-electron chi connectivity index (χ1n) is 9.29. The number of hydrogen-bond acceptors (Lipinski definition) is 3. The van der Waals surface area contributed by atoms with Crippen LogP contribution in [-0.2, 0) is 11.3 Å². The molecule has 4 nitrogen and oxygen atoms in total. The smallest absolute Gasteiger partial charge is 0.160 e. The van der Waals surface area contributed by atoms with E-state index in [1.165, 1.54) is 22.2 Å². The minimum Gasteiger partial charge on any atom is -0.504 e. The molecular formula is C22H32N2O2. The molecule has 0 saturated carbocycles. The van der Waals surface area contributed by atoms with Gasteiger partial charge in [0.15, 0.2) is 5.78 Å². The standard InChI is InChI=1S/C22H32N2O2/c1-15(2)22-19-14-18(17(4)25)16(3)13-21(19)24(11-8-10-23(5)6)20(22)9-12-26-7/h9,12-15H,8,10-11H2,1-7H3/b12-9+. The van der Waals surface area contributed by atoms with Crippen LogP contribution in [0.2, 0.25) is 0 Å². The number of Topliss-reactive ketones (excluding diaryl/α,β-unsaturated/α-hetero) is 1. The summed E-state index contributed by atoms with van der Waals surface area (Å²) in [6, 6.07) is 4.24. The third-order valence-electron chi connectivity index (χ3n) is 4.80. The largest absolute Gasteiger partial charge is 0.504 e. The second-order valence-electron chi connectivity index (χ2n) is 7.54. The van der Waals surface area contributed by atoms with E-state index in [2.05, 4.69) is 49.5 Å². The predicted molar refractivity (Wildman–Crippen MR) is 110 cm³/mol. The van der Waals surface area contributed by atoms with Gasteiger partial charge in [0.2, 0.25) is 0 Å². The Kier molecular flexibility index (Phi) is 6.65. The van der Waals surface area contributed by atoms with Crippen LogP contribution >= 0.6 is 0 Å². The molecule has 0 aliphatic heterocycles. The molecule has 0 unspecified atom stereocenters. The van der Waals surface area contributed by atoms with Gasteiger partial charge in [-0.3, -0.25) is 4.79 Å². The number of ether oxygens (including phenoxy) is 1. The van der Waals surface area contributed by atoms with Gasteiger partial charge in [0.25, 0.3) is 0 Å². The lowest BCUT2D eigenvalue weighted by atomic mass is 9.95. The van der Waals surface area contributed by atoms with Crippen LogP contribution in [0.5, 0.6) is 0 Å². The number of carbonyl (C=O) groups is 1. The van der Waals surface area contributed by atoms with Crippen LogP contribution in [-0.4, -0.2) is 43.0 Å². The van der Waals surface area contributed by atoms with Gasteiger partial charge in [0.1, 0.15) is 0 Å². The topological polar surface area (TPSA) is 34.5 Å². The Balaban J connectivity index is 2.73. The van der Waals surface area contributed by atoms with Crippen molar-refractivity contribution in [1.82, 2.24) is 9.47 Å². The van der Waals surface area contributed by atoms with Crippen LogP contribution < -0.4 is 0 Å². The first-order chi connectivity index (χ1) is 12.3. The summed E-state index contributed by atoms with van der Waals surface area (Å²) in [5, 5.41) is 1.18. The molecule has 0 atom stereocenters. The average molecular weight is 357 g/mol. The highest BCUT2D eigenvalue weighted by Gasteiger charge is 2.20. The third kappa shape index (κ3) is 4.18. The van der Waals surface area contributed by atoms with Crippen LogP contribution in [0.25, 0.3) is 17.0 Å². The highest BCUT2D eigenvalue weighted by atomic mass is 16.5. The molecule has 26 heavy (non-hydrogen) atoms. The molecule has 0 bridgehead atoms. The summed E-state index contributed by atoms with van der Waals surface area (Å²) in [6.45, 7) is 10.0. The first-order valence-corrected chi connectivity index (χ1v) is 9.29. The molecule has 0 saturated heterocycles. The Bertz CT molecular complexity index is 813. The molecule has 0 spiro atoms. The summed E-state index contributed by atoms with van der Waals surface area (Å²) in [4.78, 5) is 14.3. The van der Waals surface area contributed by atoms with Crippen molar-refractivity contribution < 1.29 is 9.53 Å². The average Bonchev–Trinajstić information content (AvgIpc) is 2.84. The van der Waals surface area contributed by atoms with Crippen molar-refractivity contribution >= 4 is 22.8 Å². The Morgan fingerprint density at radius 1 is 1.31 bits per heavy atom. The van der Waals surface area contributed by atoms with Crippen LogP contribution in [0.15, 0.2) is 18.4 Å². The molecule has 2 rings (SSSR count). The fourth-order valence-corrected chi connectivity index (χ4v) is 3.63. The van der Waals surface area contributed by atoms with Gasteiger partial charge in [-0.1, -0.05) is 13.8 Å². The van der Waals surface area contributed by atoms with Crippen molar-refractivity contribution in [1.29, 1.82) is 0 Å². The van der Waals surface area contributed by atoms with E-state index in [-0.39, 0.29) is 5.78 Å². The van der Waals surface area contributed by atoms with Gasteiger partial charge >= 0.3 is 0 Å². The number of ketones is 1. The minimum atomic E-state index is 0.119. The van der Waals surface area contributed by atoms with Crippen molar-refractivity contribution in [2.24, 2.45) is 0 Å². The summed E-state index contributed by atoms with van der Waals surface area (Å²) in [6.07, 6.45) is 4.85. The van der Waals surface area contributed by atoms with Crippen LogP contribution in [0.4, 0.5) is 0 Å². The zero-order valence-corrected chi connectivity index (χ0v) is 17.2. The number of aryl methyl sites for hydroxylation is 2. The molecular weight excluding hydrogens is 324 g/mol. The lowest BCUT2D eigenvalue weighted by Crippen LogP contribution is -2.15. The summed E-state index contributed by atoms with van der Waals surface area (Å²) < 4.78 is 7.58. The number of carbonyl (C=O) groups excluding carboxylic acids is 1. The lowest BCUT2D eigenvalue weighted by molar-refractivity contribution is 0.101. The number of benzene rings is 1. The molecule has 0 amide bonds. The fourth-order valence-electron chi connectivity index (χ4n) is 3.63. The minimum absolute atomic E-state index is 0.119. The normalized spacial score (nSPS) is 12.0. The van der Waals surface area contributed by atoms with Crippen molar-refractivity contribution in [3.63, 3.8) is 0 Å². The van der Waals surface area contributed by atoms with E-state index in [0.29, 0.717) is 5.92 Å². The molecule has 1 heterocycles. The highest BCUT2D eigenvalue weighted by Crippen LogP contribution is 2.35. The van der Waals surface area contributed by atoms with Crippen molar-refractivity contribution in [3.8, 4) is 0 Å². The Hall–Kier alpha value is -2.07. The zero-order valence-electron chi connectivity index (χ0n) is 17.2. The molecule has 0 N–H and O–H groups in total. The summed E-state index contributed by atoms with van der Waals surface area (Å²) >= 11 is 0. The predicted octanol–water partition coefficient (Wildman–Crippen LogP) is 4.84. The molecule has 1 aromatic heterocycles. The van der Waals surface area contributed by atoms with Gasteiger partial charge in [-0.25, -0.2) is 0 Å². The van der Waals surface area contributed by atoms with Gasteiger partial charge in [0, 0.05) is 28.7 Å². The maximum Gasteiger partial charge on any atom is 0.160 e. The van der Waals surface area contributed by atoms with E-state index >= 15 is 0 Å². The molecule has 0 fully saturated rings. The third-order valence-corrected chi connectivity index (χ3v) is 4.80. The number of fused-ring (bicyclic) bond motifs is 1. The second-order valence-corrected chi connectivity index (χ2v) is 7.54. The molecule has 0 aliphatic carbocycles. The number of hydrogen-bond donors (Lipinski definition) is 0. The molecule has 142 valence electrons. The van der Waals surface area contributed by atoms with Crippen LogP contribution in [0.1, 0.15) is 60.3 Å². The SMILES string of the molecule is CO/C=C/c1c(C(C)C)c2cc(C(C)=O)c(C)cc2n1CCCN(C)C. The van der Waals surface area contributed by atoms with Crippen molar-refractivity contribution in [2.75, 3.05) is 27.7 Å². The van der Waals surface area contributed by atoms with Gasteiger partial charge in [-0.2, -0.15) is 0 Å². The van der Waals surface area contributed by atoms with Gasteiger partial charge in [0.05, 0.1) is 13.4 Å². The van der Waals surface area contributed by atoms with Crippen LogP contribution in [0, 0.1) is 6.92 Å². The molecule has 0 aliphatic rings.